The quantitative estimate of drug-likeness (QED) is 0.852. The Morgan fingerprint density at radius 1 is 1.32 bits per heavy atom. The minimum absolute atomic E-state index is 0.229. The van der Waals surface area contributed by atoms with Gasteiger partial charge in [-0.15, -0.1) is 11.3 Å². The minimum atomic E-state index is -3.59. The molecule has 1 aromatic heterocycles. The molecule has 0 amide bonds. The van der Waals surface area contributed by atoms with Gasteiger partial charge in [0, 0.05) is 15.9 Å². The zero-order valence-electron chi connectivity index (χ0n) is 9.56. The summed E-state index contributed by atoms with van der Waals surface area (Å²) in [4.78, 5) is 0.814. The Hall–Kier alpha value is -0.600. The number of sulfonamides is 1. The maximum absolute atomic E-state index is 12.1. The SMILES string of the molecule is NCc1ccc(S(=O)(=O)Nc2ccc(Br)c(Cl)c2)s1. The molecule has 0 radical (unpaired) electrons. The first-order valence-corrected chi connectivity index (χ1v) is 8.66. The standard InChI is InChI=1S/C11H10BrClN2O2S2/c12-9-3-1-7(5-10(9)13)15-19(16,17)11-4-2-8(6-14)18-11/h1-5,15H,6,14H2. The van der Waals surface area contributed by atoms with Gasteiger partial charge in [0.2, 0.25) is 0 Å². The first kappa shape index (κ1) is 14.8. The third-order valence-corrected chi connectivity index (χ3v) is 6.49. The number of hydrogen-bond acceptors (Lipinski definition) is 4. The number of nitrogens with two attached hydrogens (primary N) is 1. The van der Waals surface area contributed by atoms with Gasteiger partial charge in [-0.3, -0.25) is 4.72 Å². The first-order valence-electron chi connectivity index (χ1n) is 5.19. The molecule has 1 aromatic carbocycles. The molecule has 0 aliphatic carbocycles. The Morgan fingerprint density at radius 3 is 2.63 bits per heavy atom. The second kappa shape index (κ2) is 5.80. The Labute approximate surface area is 128 Å². The van der Waals surface area contributed by atoms with E-state index in [0.717, 1.165) is 16.2 Å². The fourth-order valence-electron chi connectivity index (χ4n) is 1.38. The molecule has 0 saturated carbocycles. The molecule has 8 heteroatoms. The summed E-state index contributed by atoms with van der Waals surface area (Å²) in [5.74, 6) is 0. The molecular formula is C11H10BrClN2O2S2. The van der Waals surface area contributed by atoms with Crippen LogP contribution in [0.5, 0.6) is 0 Å². The van der Waals surface area contributed by atoms with Gasteiger partial charge in [0.25, 0.3) is 10.0 Å². The van der Waals surface area contributed by atoms with Crippen LogP contribution in [0.2, 0.25) is 5.02 Å². The second-order valence-electron chi connectivity index (χ2n) is 3.66. The summed E-state index contributed by atoms with van der Waals surface area (Å²) in [7, 11) is -3.59. The molecule has 2 aromatic rings. The molecule has 0 bridgehead atoms. The van der Waals surface area contributed by atoms with Gasteiger partial charge < -0.3 is 5.73 Å². The molecule has 0 atom stereocenters. The zero-order chi connectivity index (χ0) is 14.0. The predicted molar refractivity (Wildman–Crippen MR) is 82.2 cm³/mol. The van der Waals surface area contributed by atoms with Gasteiger partial charge >= 0.3 is 0 Å². The highest BCUT2D eigenvalue weighted by atomic mass is 79.9. The first-order chi connectivity index (χ1) is 8.92. The Morgan fingerprint density at radius 2 is 2.05 bits per heavy atom. The summed E-state index contributed by atoms with van der Waals surface area (Å²) in [5.41, 5.74) is 5.88. The summed E-state index contributed by atoms with van der Waals surface area (Å²) in [6.45, 7) is 0.324. The Bertz CT molecular complexity index is 700. The van der Waals surface area contributed by atoms with Crippen LogP contribution in [0.1, 0.15) is 4.88 Å². The lowest BCUT2D eigenvalue weighted by molar-refractivity contribution is 0.603. The zero-order valence-corrected chi connectivity index (χ0v) is 13.5. The summed E-state index contributed by atoms with van der Waals surface area (Å²) >= 11 is 10.3. The van der Waals surface area contributed by atoms with Gasteiger partial charge in [-0.25, -0.2) is 8.42 Å². The van der Waals surface area contributed by atoms with Gasteiger partial charge in [0.15, 0.2) is 0 Å². The molecule has 102 valence electrons. The highest BCUT2D eigenvalue weighted by molar-refractivity contribution is 9.10. The fourth-order valence-corrected chi connectivity index (χ4v) is 4.09. The van der Waals surface area contributed by atoms with Crippen molar-refractivity contribution >= 4 is 54.6 Å². The lowest BCUT2D eigenvalue weighted by Crippen LogP contribution is -2.11. The third-order valence-electron chi connectivity index (χ3n) is 2.27. The highest BCUT2D eigenvalue weighted by Gasteiger charge is 2.17. The molecule has 2 rings (SSSR count). The van der Waals surface area contributed by atoms with Crippen LogP contribution in [0.25, 0.3) is 0 Å². The minimum Gasteiger partial charge on any atom is -0.326 e. The molecule has 0 spiro atoms. The number of thiophene rings is 1. The maximum Gasteiger partial charge on any atom is 0.271 e. The van der Waals surface area contributed by atoms with Crippen molar-refractivity contribution in [2.45, 2.75) is 10.8 Å². The molecule has 1 heterocycles. The largest absolute Gasteiger partial charge is 0.326 e. The summed E-state index contributed by atoms with van der Waals surface area (Å²) < 4.78 is 27.7. The molecule has 0 aliphatic rings. The molecule has 19 heavy (non-hydrogen) atoms. The van der Waals surface area contributed by atoms with E-state index in [1.54, 1.807) is 24.3 Å². The van der Waals surface area contributed by atoms with Gasteiger partial charge in [-0.2, -0.15) is 0 Å². The normalized spacial score (nSPS) is 11.5. The highest BCUT2D eigenvalue weighted by Crippen LogP contribution is 2.28. The van der Waals surface area contributed by atoms with Crippen molar-refractivity contribution in [2.24, 2.45) is 5.73 Å². The topological polar surface area (TPSA) is 72.2 Å². The van der Waals surface area contributed by atoms with Gasteiger partial charge in [-0.05, 0) is 46.3 Å². The van der Waals surface area contributed by atoms with Crippen molar-refractivity contribution in [3.8, 4) is 0 Å². The molecule has 0 aliphatic heterocycles. The molecule has 3 N–H and O–H groups in total. The van der Waals surface area contributed by atoms with Crippen molar-refractivity contribution in [3.63, 3.8) is 0 Å². The fraction of sp³-hybridized carbons (Fsp3) is 0.0909. The molecular weight excluding hydrogens is 372 g/mol. The second-order valence-corrected chi connectivity index (χ2v) is 8.00. The van der Waals surface area contributed by atoms with E-state index in [-0.39, 0.29) is 4.21 Å². The monoisotopic (exact) mass is 380 g/mol. The van der Waals surface area contributed by atoms with E-state index in [1.807, 2.05) is 0 Å². The van der Waals surface area contributed by atoms with Crippen molar-refractivity contribution in [1.29, 1.82) is 0 Å². The van der Waals surface area contributed by atoms with Crippen LogP contribution in [0, 0.1) is 0 Å². The predicted octanol–water partition coefficient (Wildman–Crippen LogP) is 3.42. The maximum atomic E-state index is 12.1. The van der Waals surface area contributed by atoms with E-state index in [2.05, 4.69) is 20.7 Å². The number of anilines is 1. The van der Waals surface area contributed by atoms with Crippen LogP contribution in [-0.2, 0) is 16.6 Å². The molecule has 0 saturated heterocycles. The van der Waals surface area contributed by atoms with Crippen molar-refractivity contribution in [3.05, 3.63) is 44.7 Å². The van der Waals surface area contributed by atoms with E-state index < -0.39 is 10.0 Å². The van der Waals surface area contributed by atoms with Gasteiger partial charge in [0.1, 0.15) is 4.21 Å². The molecule has 4 nitrogen and oxygen atoms in total. The average molecular weight is 382 g/mol. The number of rotatable bonds is 4. The summed E-state index contributed by atoms with van der Waals surface area (Å²) in [6, 6.07) is 8.09. The molecule has 0 unspecified atom stereocenters. The van der Waals surface area contributed by atoms with E-state index in [9.17, 15) is 8.42 Å². The van der Waals surface area contributed by atoms with E-state index in [4.69, 9.17) is 17.3 Å². The van der Waals surface area contributed by atoms with Crippen LogP contribution in [0.3, 0.4) is 0 Å². The van der Waals surface area contributed by atoms with Crippen LogP contribution >= 0.6 is 38.9 Å². The summed E-state index contributed by atoms with van der Waals surface area (Å²) in [5, 5.41) is 0.439. The van der Waals surface area contributed by atoms with E-state index in [1.165, 1.54) is 6.07 Å². The lowest BCUT2D eigenvalue weighted by Gasteiger charge is -2.07. The number of nitrogens with one attached hydrogen (secondary N) is 1. The average Bonchev–Trinajstić information content (AvgIpc) is 2.83. The molecule has 0 fully saturated rings. The number of benzene rings is 1. The van der Waals surface area contributed by atoms with Crippen LogP contribution < -0.4 is 10.5 Å². The van der Waals surface area contributed by atoms with Crippen LogP contribution in [0.4, 0.5) is 5.69 Å². The van der Waals surface area contributed by atoms with Crippen molar-refractivity contribution in [2.75, 3.05) is 4.72 Å². The van der Waals surface area contributed by atoms with E-state index in [0.29, 0.717) is 21.7 Å². The van der Waals surface area contributed by atoms with Gasteiger partial charge in [0.05, 0.1) is 10.7 Å². The Kier molecular flexibility index (Phi) is 4.52. The third kappa shape index (κ3) is 3.49. The van der Waals surface area contributed by atoms with E-state index >= 15 is 0 Å². The van der Waals surface area contributed by atoms with Crippen molar-refractivity contribution < 1.29 is 8.42 Å². The van der Waals surface area contributed by atoms with Crippen molar-refractivity contribution in [1.82, 2.24) is 0 Å². The number of halogens is 2. The van der Waals surface area contributed by atoms with Gasteiger partial charge in [-0.1, -0.05) is 11.6 Å². The number of hydrogen-bond donors (Lipinski definition) is 2. The lowest BCUT2D eigenvalue weighted by atomic mass is 10.3. The smallest absolute Gasteiger partial charge is 0.271 e. The van der Waals surface area contributed by atoms with Crippen LogP contribution in [-0.4, -0.2) is 8.42 Å². The Balaban J connectivity index is 2.28. The van der Waals surface area contributed by atoms with Crippen LogP contribution in [0.15, 0.2) is 39.0 Å². The summed E-state index contributed by atoms with van der Waals surface area (Å²) in [6.07, 6.45) is 0.